The topological polar surface area (TPSA) is 101 Å². The predicted molar refractivity (Wildman–Crippen MR) is 208 cm³/mol. The lowest BCUT2D eigenvalue weighted by Gasteiger charge is -2.46. The van der Waals surface area contributed by atoms with Gasteiger partial charge in [0.05, 0.1) is 47.4 Å². The van der Waals surface area contributed by atoms with Crippen molar-refractivity contribution in [2.45, 2.75) is 63.0 Å². The van der Waals surface area contributed by atoms with Gasteiger partial charge in [0.25, 0.3) is 5.91 Å². The van der Waals surface area contributed by atoms with Gasteiger partial charge in [-0.1, -0.05) is 36.7 Å². The molecule has 8 rings (SSSR count). The average molecular weight is 765 g/mol. The first kappa shape index (κ1) is 37.0. The van der Waals surface area contributed by atoms with E-state index < -0.39 is 15.6 Å². The number of hydrogen-bond acceptors (Lipinski definition) is 8. The maximum absolute atomic E-state index is 14.8. The zero-order valence-electron chi connectivity index (χ0n) is 31.1. The van der Waals surface area contributed by atoms with E-state index in [2.05, 4.69) is 38.4 Å². The second kappa shape index (κ2) is 15.3. The van der Waals surface area contributed by atoms with Gasteiger partial charge in [-0.3, -0.25) is 14.5 Å². The fourth-order valence-corrected chi connectivity index (χ4v) is 12.2. The highest BCUT2D eigenvalue weighted by atomic mass is 35.5. The van der Waals surface area contributed by atoms with Crippen molar-refractivity contribution in [3.8, 4) is 5.75 Å². The van der Waals surface area contributed by atoms with Gasteiger partial charge in [-0.05, 0) is 97.7 Å². The van der Waals surface area contributed by atoms with Gasteiger partial charge in [-0.25, -0.2) is 4.21 Å². The second-order valence-electron chi connectivity index (χ2n) is 16.3. The number of benzene rings is 2. The molecule has 2 bridgehead atoms. The van der Waals surface area contributed by atoms with E-state index in [1.165, 1.54) is 11.1 Å². The molecule has 53 heavy (non-hydrogen) atoms. The maximum Gasteiger partial charge on any atom is 0.285 e. The molecule has 2 saturated heterocycles. The molecule has 7 atom stereocenters. The summed E-state index contributed by atoms with van der Waals surface area (Å²) in [5, 5.41) is 0.751. The lowest BCUT2D eigenvalue weighted by molar-refractivity contribution is -0.134. The Morgan fingerprint density at radius 2 is 2.02 bits per heavy atom. The normalized spacial score (nSPS) is 34.0. The van der Waals surface area contributed by atoms with Gasteiger partial charge in [0, 0.05) is 68.1 Å². The summed E-state index contributed by atoms with van der Waals surface area (Å²) in [4.78, 5) is 34.6. The van der Waals surface area contributed by atoms with Crippen LogP contribution < -0.4 is 9.64 Å². The first-order valence-corrected chi connectivity index (χ1v) is 21.7. The molecule has 0 N–H and O–H groups in total. The number of amides is 2. The zero-order chi connectivity index (χ0) is 36.7. The van der Waals surface area contributed by atoms with Gasteiger partial charge in [0.15, 0.2) is 0 Å². The molecule has 0 unspecified atom stereocenters. The summed E-state index contributed by atoms with van der Waals surface area (Å²) < 4.78 is 37.8. The van der Waals surface area contributed by atoms with Gasteiger partial charge >= 0.3 is 0 Å². The highest BCUT2D eigenvalue weighted by Crippen LogP contribution is 2.47. The molecule has 286 valence electrons. The van der Waals surface area contributed by atoms with E-state index in [0.29, 0.717) is 56.7 Å². The van der Waals surface area contributed by atoms with Crippen LogP contribution in [0.3, 0.4) is 0 Å². The van der Waals surface area contributed by atoms with Crippen LogP contribution in [0.2, 0.25) is 5.02 Å². The second-order valence-corrected chi connectivity index (χ2v) is 19.1. The fourth-order valence-electron chi connectivity index (χ4n) is 9.73. The standard InChI is InChI=1S/C41H53ClN4O6S/c1-28-5-3-7-37(50-2)34-11-8-31(34)21-46-26-41(14-4-6-29-19-32(42)10-12-35(29)41)27-52-38-13-9-30(20-36(38)46)40(48)43-53(49,24-28)25-39(47)45-16-15-44-17-18-51-23-33(44)22-45/h3,7,9-10,12-13,19-20,28,31,33-34,37H,4-6,8,11,14-18,21-27H2,1-2H3/b7-3+/t28-,31-,33+,34+,37-,41-,53+/m0/s1. The average Bonchev–Trinajstić information content (AvgIpc) is 3.28. The van der Waals surface area contributed by atoms with E-state index in [1.54, 1.807) is 18.1 Å². The zero-order valence-corrected chi connectivity index (χ0v) is 32.6. The molecule has 6 aliphatic rings. The molecular weight excluding hydrogens is 712 g/mol. The number of piperazine rings is 1. The Balaban J connectivity index is 1.15. The Morgan fingerprint density at radius 3 is 2.85 bits per heavy atom. The van der Waals surface area contributed by atoms with Crippen LogP contribution in [0.4, 0.5) is 5.69 Å². The number of carbonyl (C=O) groups excluding carboxylic acids is 2. The Kier molecular flexibility index (Phi) is 10.7. The van der Waals surface area contributed by atoms with Crippen molar-refractivity contribution >= 4 is 38.8 Å². The summed E-state index contributed by atoms with van der Waals surface area (Å²) in [5.74, 6) is 0.534. The van der Waals surface area contributed by atoms with E-state index >= 15 is 0 Å². The molecule has 2 aromatic carbocycles. The minimum Gasteiger partial charge on any atom is -0.490 e. The number of anilines is 1. The highest BCUT2D eigenvalue weighted by Gasteiger charge is 2.44. The van der Waals surface area contributed by atoms with Crippen molar-refractivity contribution in [1.82, 2.24) is 9.80 Å². The van der Waals surface area contributed by atoms with Crippen molar-refractivity contribution in [3.63, 3.8) is 0 Å². The first-order chi connectivity index (χ1) is 25.6. The monoisotopic (exact) mass is 764 g/mol. The van der Waals surface area contributed by atoms with Crippen LogP contribution in [0, 0.1) is 17.8 Å². The number of aryl methyl sites for hydroxylation is 1. The number of fused-ring (bicyclic) bond motifs is 5. The van der Waals surface area contributed by atoms with E-state index in [9.17, 15) is 13.8 Å². The Bertz CT molecular complexity index is 1880. The lowest BCUT2D eigenvalue weighted by Crippen LogP contribution is -2.59. The minimum atomic E-state index is -3.25. The van der Waals surface area contributed by atoms with Gasteiger partial charge in [0.1, 0.15) is 11.5 Å². The molecule has 1 spiro atoms. The number of carbonyl (C=O) groups is 2. The molecule has 12 heteroatoms. The Labute approximate surface area is 319 Å². The van der Waals surface area contributed by atoms with Crippen molar-refractivity contribution in [2.24, 2.45) is 22.1 Å². The summed E-state index contributed by atoms with van der Waals surface area (Å²) >= 11 is 6.48. The molecule has 4 heterocycles. The number of halogens is 1. The molecule has 3 fully saturated rings. The number of morpholine rings is 1. The number of rotatable bonds is 3. The van der Waals surface area contributed by atoms with Crippen molar-refractivity contribution in [3.05, 3.63) is 70.3 Å². The third kappa shape index (κ3) is 7.66. The summed E-state index contributed by atoms with van der Waals surface area (Å²) in [6.07, 6.45) is 10.1. The third-order valence-corrected chi connectivity index (χ3v) is 15.2. The number of methoxy groups -OCH3 is 1. The van der Waals surface area contributed by atoms with Crippen molar-refractivity contribution in [2.75, 3.05) is 82.6 Å². The van der Waals surface area contributed by atoms with Crippen LogP contribution in [0.25, 0.3) is 0 Å². The lowest BCUT2D eigenvalue weighted by atomic mass is 9.68. The maximum atomic E-state index is 14.8. The van der Waals surface area contributed by atoms with E-state index in [-0.39, 0.29) is 40.9 Å². The van der Waals surface area contributed by atoms with Crippen LogP contribution in [-0.4, -0.2) is 116 Å². The molecule has 4 aliphatic heterocycles. The predicted octanol–water partition coefficient (Wildman–Crippen LogP) is 5.60. The van der Waals surface area contributed by atoms with E-state index in [1.807, 2.05) is 25.1 Å². The number of ether oxygens (including phenoxy) is 3. The van der Waals surface area contributed by atoms with Crippen LogP contribution in [-0.2, 0) is 35.8 Å². The Hall–Kier alpha value is -2.96. The largest absolute Gasteiger partial charge is 0.490 e. The number of nitrogens with zero attached hydrogens (tertiary/aromatic N) is 4. The molecule has 1 saturated carbocycles. The SMILES string of the molecule is CO[C@H]1/C=C/C[C@H](C)C[S@@](=O)(CC(=O)N2CCN3CCOC[C@H]3C2)=NC(=O)c2ccc3c(c2)N(C[C@@H]2CC[C@H]21)C[C@@]1(CCCc2cc(Cl)ccc21)CO3. The summed E-state index contributed by atoms with van der Waals surface area (Å²) in [6.45, 7) is 8.08. The van der Waals surface area contributed by atoms with Crippen molar-refractivity contribution in [1.29, 1.82) is 0 Å². The number of allylic oxidation sites excluding steroid dienone is 1. The summed E-state index contributed by atoms with van der Waals surface area (Å²) in [5.41, 5.74) is 3.54. The molecule has 2 aliphatic carbocycles. The van der Waals surface area contributed by atoms with Crippen LogP contribution in [0.5, 0.6) is 5.75 Å². The molecule has 2 amide bonds. The van der Waals surface area contributed by atoms with Gasteiger partial charge in [0.2, 0.25) is 5.91 Å². The highest BCUT2D eigenvalue weighted by molar-refractivity contribution is 7.94. The fraction of sp³-hybridized carbons (Fsp3) is 0.610. The van der Waals surface area contributed by atoms with E-state index in [0.717, 1.165) is 74.7 Å². The molecular formula is C41H53ClN4O6S. The van der Waals surface area contributed by atoms with E-state index in [4.69, 9.17) is 25.8 Å². The number of hydrogen-bond donors (Lipinski definition) is 0. The molecule has 0 aromatic heterocycles. The smallest absolute Gasteiger partial charge is 0.285 e. The minimum absolute atomic E-state index is 0.0333. The molecule has 0 radical (unpaired) electrons. The first-order valence-electron chi connectivity index (χ1n) is 19.5. The summed E-state index contributed by atoms with van der Waals surface area (Å²) in [6, 6.07) is 11.9. The molecule has 10 nitrogen and oxygen atoms in total. The van der Waals surface area contributed by atoms with Gasteiger partial charge in [-0.2, -0.15) is 4.36 Å². The summed E-state index contributed by atoms with van der Waals surface area (Å²) in [7, 11) is -1.47. The quantitative estimate of drug-likeness (QED) is 0.373. The van der Waals surface area contributed by atoms with Gasteiger partial charge < -0.3 is 24.0 Å². The Morgan fingerprint density at radius 1 is 1.13 bits per heavy atom. The third-order valence-electron chi connectivity index (χ3n) is 12.7. The van der Waals surface area contributed by atoms with Crippen LogP contribution in [0.1, 0.15) is 60.5 Å². The van der Waals surface area contributed by atoms with Crippen molar-refractivity contribution < 1.29 is 28.0 Å². The van der Waals surface area contributed by atoms with Gasteiger partial charge in [-0.15, -0.1) is 0 Å². The van der Waals surface area contributed by atoms with Crippen LogP contribution in [0.15, 0.2) is 52.9 Å². The molecule has 2 aromatic rings. The van der Waals surface area contributed by atoms with Crippen LogP contribution >= 0.6 is 11.6 Å².